The lowest BCUT2D eigenvalue weighted by Crippen LogP contribution is -2.38. The Balaban J connectivity index is 1.64. The number of carbonyl (C=O) groups excluding carboxylic acids is 2. The van der Waals surface area contributed by atoms with Crippen LogP contribution in [0.5, 0.6) is 11.5 Å². The van der Waals surface area contributed by atoms with Crippen molar-refractivity contribution in [1.82, 2.24) is 5.32 Å². The number of hydrogen-bond acceptors (Lipinski definition) is 6. The van der Waals surface area contributed by atoms with Crippen molar-refractivity contribution in [3.05, 3.63) is 23.8 Å². The van der Waals surface area contributed by atoms with Crippen molar-refractivity contribution in [3.63, 3.8) is 0 Å². The van der Waals surface area contributed by atoms with E-state index in [0.29, 0.717) is 36.8 Å². The second-order valence-electron chi connectivity index (χ2n) is 12.6. The van der Waals surface area contributed by atoms with Crippen LogP contribution in [0.4, 0.5) is 0 Å². The molecule has 0 saturated heterocycles. The third-order valence-electron chi connectivity index (χ3n) is 8.09. The van der Waals surface area contributed by atoms with Crippen molar-refractivity contribution in [1.29, 1.82) is 0 Å². The Morgan fingerprint density at radius 2 is 1.29 bits per heavy atom. The molecule has 2 aliphatic carbocycles. The number of rotatable bonds is 11. The molecule has 6 heteroatoms. The quantitative estimate of drug-likeness (QED) is 0.176. The lowest BCUT2D eigenvalue weighted by atomic mass is 9.95. The highest BCUT2D eigenvalue weighted by atomic mass is 16.6. The van der Waals surface area contributed by atoms with E-state index in [4.69, 9.17) is 9.47 Å². The van der Waals surface area contributed by atoms with Gasteiger partial charge in [-0.15, -0.1) is 0 Å². The third-order valence-corrected chi connectivity index (χ3v) is 8.09. The molecule has 2 fully saturated rings. The number of esters is 2. The number of hydrogen-bond donors (Lipinski definition) is 2. The molecule has 38 heavy (non-hydrogen) atoms. The lowest BCUT2D eigenvalue weighted by Gasteiger charge is -2.23. The molecule has 1 atom stereocenters. The summed E-state index contributed by atoms with van der Waals surface area (Å²) in [5, 5.41) is 14.1. The number of nitrogens with one attached hydrogen (secondary N) is 1. The molecule has 3 rings (SSSR count). The molecule has 2 aliphatic rings. The molecule has 1 aromatic rings. The third kappa shape index (κ3) is 11.4. The van der Waals surface area contributed by atoms with Crippen molar-refractivity contribution >= 4 is 11.9 Å². The van der Waals surface area contributed by atoms with Crippen LogP contribution in [0.2, 0.25) is 0 Å². The lowest BCUT2D eigenvalue weighted by molar-refractivity contribution is -0.137. The Kier molecular flexibility index (Phi) is 12.6. The summed E-state index contributed by atoms with van der Waals surface area (Å²) >= 11 is 0. The number of aliphatic hydroxyl groups is 1. The summed E-state index contributed by atoms with van der Waals surface area (Å²) in [6, 6.07) is 5.03. The molecule has 214 valence electrons. The first kappa shape index (κ1) is 30.6. The molecule has 0 aliphatic heterocycles. The molecular formula is C32H51NO5. The average molecular weight is 530 g/mol. The number of β-amino-alcohol motifs (C(OH)–C–C–N with tert-alkyl or cyclic N) is 1. The molecule has 6 nitrogen and oxygen atoms in total. The Morgan fingerprint density at radius 3 is 1.76 bits per heavy atom. The number of benzene rings is 1. The van der Waals surface area contributed by atoms with Gasteiger partial charge in [-0.2, -0.15) is 0 Å². The van der Waals surface area contributed by atoms with Gasteiger partial charge in [0.25, 0.3) is 0 Å². The van der Waals surface area contributed by atoms with E-state index in [1.807, 2.05) is 20.8 Å². The first-order chi connectivity index (χ1) is 18.2. The summed E-state index contributed by atoms with van der Waals surface area (Å²) in [6.45, 7) is 6.48. The summed E-state index contributed by atoms with van der Waals surface area (Å²) in [7, 11) is 0. The van der Waals surface area contributed by atoms with E-state index in [9.17, 15) is 14.7 Å². The van der Waals surface area contributed by atoms with Gasteiger partial charge in [0.05, 0.1) is 6.10 Å². The van der Waals surface area contributed by atoms with E-state index in [-0.39, 0.29) is 29.0 Å². The summed E-state index contributed by atoms with van der Waals surface area (Å²) in [5.41, 5.74) is 0.479. The van der Waals surface area contributed by atoms with Gasteiger partial charge in [-0.25, -0.2) is 0 Å². The minimum Gasteiger partial charge on any atom is -0.423 e. The van der Waals surface area contributed by atoms with E-state index in [0.717, 1.165) is 12.8 Å². The first-order valence-electron chi connectivity index (χ1n) is 15.2. The zero-order valence-electron chi connectivity index (χ0n) is 24.1. The van der Waals surface area contributed by atoms with Crippen molar-refractivity contribution < 1.29 is 24.2 Å². The molecule has 0 bridgehead atoms. The highest BCUT2D eigenvalue weighted by Gasteiger charge is 2.21. The maximum absolute atomic E-state index is 12.8. The normalized spacial score (nSPS) is 18.8. The monoisotopic (exact) mass is 529 g/mol. The van der Waals surface area contributed by atoms with Crippen molar-refractivity contribution in [2.24, 2.45) is 11.8 Å². The Hall–Kier alpha value is -1.92. The minimum absolute atomic E-state index is 0.138. The van der Waals surface area contributed by atoms with E-state index in [1.165, 1.54) is 77.0 Å². The molecule has 2 N–H and O–H groups in total. The molecule has 0 heterocycles. The smallest absolute Gasteiger partial charge is 0.311 e. The molecule has 2 saturated carbocycles. The largest absolute Gasteiger partial charge is 0.423 e. The Labute approximate surface area is 230 Å². The van der Waals surface area contributed by atoms with Crippen molar-refractivity contribution in [2.75, 3.05) is 6.54 Å². The molecule has 0 radical (unpaired) electrons. The number of ether oxygens (including phenoxy) is 2. The molecule has 0 amide bonds. The van der Waals surface area contributed by atoms with Gasteiger partial charge in [0.15, 0.2) is 11.5 Å². The molecule has 0 spiro atoms. The molecule has 0 aromatic heterocycles. The fourth-order valence-corrected chi connectivity index (χ4v) is 5.71. The SMILES string of the molecule is CC(C)(C)NCC(O)c1ccc(OC(=O)CCC2CCCCCC2)c(OC(=O)CCC2CCCCCC2)c1. The van der Waals surface area contributed by atoms with Crippen LogP contribution in [0.1, 0.15) is 135 Å². The predicted octanol–water partition coefficient (Wildman–Crippen LogP) is 7.42. The van der Waals surface area contributed by atoms with Gasteiger partial charge in [0, 0.05) is 24.9 Å². The van der Waals surface area contributed by atoms with Crippen LogP contribution in [0.25, 0.3) is 0 Å². The molecule has 1 aromatic carbocycles. The van der Waals surface area contributed by atoms with Crippen LogP contribution >= 0.6 is 0 Å². The van der Waals surface area contributed by atoms with Crippen LogP contribution in [-0.4, -0.2) is 29.1 Å². The van der Waals surface area contributed by atoms with Gasteiger partial charge >= 0.3 is 11.9 Å². The zero-order valence-corrected chi connectivity index (χ0v) is 24.1. The maximum atomic E-state index is 12.8. The summed E-state index contributed by atoms with van der Waals surface area (Å²) in [6.07, 6.45) is 16.5. The van der Waals surface area contributed by atoms with Gasteiger partial charge in [0.1, 0.15) is 0 Å². The van der Waals surface area contributed by atoms with Gasteiger partial charge < -0.3 is 19.9 Å². The van der Waals surface area contributed by atoms with Crippen LogP contribution in [0, 0.1) is 11.8 Å². The topological polar surface area (TPSA) is 84.9 Å². The van der Waals surface area contributed by atoms with Gasteiger partial charge in [-0.3, -0.25) is 9.59 Å². The average Bonchev–Trinajstić information content (AvgIpc) is 3.30. The molecule has 1 unspecified atom stereocenters. The van der Waals surface area contributed by atoms with Crippen LogP contribution in [-0.2, 0) is 9.59 Å². The van der Waals surface area contributed by atoms with Gasteiger partial charge in [-0.1, -0.05) is 83.1 Å². The van der Waals surface area contributed by atoms with E-state index < -0.39 is 6.10 Å². The second-order valence-corrected chi connectivity index (χ2v) is 12.6. The molecular weight excluding hydrogens is 478 g/mol. The van der Waals surface area contributed by atoms with Crippen molar-refractivity contribution in [3.8, 4) is 11.5 Å². The Morgan fingerprint density at radius 1 is 0.816 bits per heavy atom. The second kappa shape index (κ2) is 15.6. The minimum atomic E-state index is -0.780. The standard InChI is InChI=1S/C32H51NO5/c1-32(2,3)33-23-27(34)26-18-19-28(37-30(35)20-16-24-12-8-4-5-9-13-24)29(22-26)38-31(36)21-17-25-14-10-6-7-11-15-25/h18-19,22,24-25,27,33-34H,4-17,20-21,23H2,1-3H3. The summed E-state index contributed by atoms with van der Waals surface area (Å²) in [5.74, 6) is 1.00. The maximum Gasteiger partial charge on any atom is 0.311 e. The van der Waals surface area contributed by atoms with E-state index in [1.54, 1.807) is 18.2 Å². The fraction of sp³-hybridized carbons (Fsp3) is 0.750. The first-order valence-corrected chi connectivity index (χ1v) is 15.2. The highest BCUT2D eigenvalue weighted by Crippen LogP contribution is 2.33. The van der Waals surface area contributed by atoms with Gasteiger partial charge in [-0.05, 0) is 63.1 Å². The highest BCUT2D eigenvalue weighted by molar-refractivity contribution is 5.76. The van der Waals surface area contributed by atoms with Crippen LogP contribution < -0.4 is 14.8 Å². The summed E-state index contributed by atoms with van der Waals surface area (Å²) < 4.78 is 11.5. The predicted molar refractivity (Wildman–Crippen MR) is 151 cm³/mol. The van der Waals surface area contributed by atoms with E-state index >= 15 is 0 Å². The summed E-state index contributed by atoms with van der Waals surface area (Å²) in [4.78, 5) is 25.6. The van der Waals surface area contributed by atoms with Gasteiger partial charge in [0.2, 0.25) is 0 Å². The number of carbonyl (C=O) groups is 2. The van der Waals surface area contributed by atoms with E-state index in [2.05, 4.69) is 5.32 Å². The Bertz CT molecular complexity index is 861. The number of aliphatic hydroxyl groups excluding tert-OH is 1. The zero-order chi connectivity index (χ0) is 27.4. The van der Waals surface area contributed by atoms with Crippen LogP contribution in [0.3, 0.4) is 0 Å². The van der Waals surface area contributed by atoms with Crippen molar-refractivity contribution in [2.45, 2.75) is 135 Å². The van der Waals surface area contributed by atoms with Crippen LogP contribution in [0.15, 0.2) is 18.2 Å². The fourth-order valence-electron chi connectivity index (χ4n) is 5.71.